The first kappa shape index (κ1) is 19.8. The van der Waals surface area contributed by atoms with Gasteiger partial charge in [-0.05, 0) is 74.2 Å². The van der Waals surface area contributed by atoms with Crippen molar-refractivity contribution in [3.63, 3.8) is 0 Å². The van der Waals surface area contributed by atoms with E-state index in [1.54, 1.807) is 0 Å². The van der Waals surface area contributed by atoms with Crippen LogP contribution in [0.1, 0.15) is 65.7 Å². The Morgan fingerprint density at radius 1 is 1.21 bits per heavy atom. The second kappa shape index (κ2) is 6.79. The number of carbonyl (C=O) groups excluding carboxylic acids is 3. The van der Waals surface area contributed by atoms with Crippen molar-refractivity contribution < 1.29 is 24.2 Å². The van der Waals surface area contributed by atoms with Gasteiger partial charge in [0.1, 0.15) is 5.60 Å². The fourth-order valence-electron chi connectivity index (χ4n) is 7.26. The van der Waals surface area contributed by atoms with Crippen LogP contribution in [0.2, 0.25) is 0 Å². The maximum absolute atomic E-state index is 12.8. The number of rotatable bonds is 3. The second-order valence-corrected chi connectivity index (χ2v) is 9.89. The lowest BCUT2D eigenvalue weighted by Crippen LogP contribution is -2.57. The van der Waals surface area contributed by atoms with E-state index in [0.29, 0.717) is 42.4 Å². The highest BCUT2D eigenvalue weighted by molar-refractivity contribution is 5.92. The summed E-state index contributed by atoms with van der Waals surface area (Å²) in [6.45, 7) is 5.25. The van der Waals surface area contributed by atoms with E-state index in [1.807, 2.05) is 6.08 Å². The molecule has 3 saturated carbocycles. The molecule has 0 aliphatic heterocycles. The van der Waals surface area contributed by atoms with Crippen LogP contribution in [0.15, 0.2) is 11.6 Å². The molecule has 0 bridgehead atoms. The third-order valence-electron chi connectivity index (χ3n) is 8.68. The van der Waals surface area contributed by atoms with E-state index in [2.05, 4.69) is 13.8 Å². The molecule has 1 N–H and O–H groups in total. The molecule has 0 heterocycles. The zero-order valence-electron chi connectivity index (χ0n) is 17.2. The maximum atomic E-state index is 12.8. The zero-order chi connectivity index (χ0) is 20.3. The summed E-state index contributed by atoms with van der Waals surface area (Å²) in [6, 6.07) is 0. The van der Waals surface area contributed by atoms with E-state index in [9.17, 15) is 19.5 Å². The van der Waals surface area contributed by atoms with Crippen molar-refractivity contribution in [3.8, 4) is 0 Å². The maximum Gasteiger partial charge on any atom is 0.303 e. The molecular formula is C23H32O5. The molecule has 0 radical (unpaired) electrons. The lowest BCUT2D eigenvalue weighted by Gasteiger charge is -2.56. The fourth-order valence-corrected chi connectivity index (χ4v) is 7.26. The number of Topliss-reactive ketones (excluding diaryl/α,β-unsaturated/α-hetero) is 1. The summed E-state index contributed by atoms with van der Waals surface area (Å²) in [5.74, 6) is 1.65. The van der Waals surface area contributed by atoms with Gasteiger partial charge in [0.2, 0.25) is 5.78 Å². The number of allylic oxidation sites excluding steroid dienone is 1. The third kappa shape index (κ3) is 2.80. The lowest BCUT2D eigenvalue weighted by atomic mass is 9.49. The summed E-state index contributed by atoms with van der Waals surface area (Å²) in [5, 5.41) is 11.5. The molecule has 7 atom stereocenters. The van der Waals surface area contributed by atoms with Crippen LogP contribution in [0.5, 0.6) is 0 Å². The predicted octanol–water partition coefficient (Wildman–Crippen LogP) is 3.24. The fraction of sp³-hybridized carbons (Fsp3) is 0.783. The average Bonchev–Trinajstić information content (AvgIpc) is 2.92. The van der Waals surface area contributed by atoms with Crippen molar-refractivity contribution in [2.45, 2.75) is 71.3 Å². The van der Waals surface area contributed by atoms with Gasteiger partial charge in [-0.15, -0.1) is 0 Å². The summed E-state index contributed by atoms with van der Waals surface area (Å²) in [7, 11) is 0. The van der Waals surface area contributed by atoms with Gasteiger partial charge >= 0.3 is 5.97 Å². The standard InChI is InChI=1S/C23H32O5/c1-13-10-19-17(16-5-4-15(25)11-18(13)16)6-8-22(3)20(19)7-9-23(22,27)21(26)12-28-14(2)24/h11,13,16-17,19-20,27H,4-10,12H2,1-3H3/t13-,16+,17-,19+,20-,22-,23-/m0/s1. The first-order chi connectivity index (χ1) is 13.2. The van der Waals surface area contributed by atoms with Crippen molar-refractivity contribution in [1.82, 2.24) is 0 Å². The summed E-state index contributed by atoms with van der Waals surface area (Å²) in [6.07, 6.45) is 7.66. The Kier molecular flexibility index (Phi) is 4.80. The molecule has 3 fully saturated rings. The van der Waals surface area contributed by atoms with Gasteiger partial charge in [-0.1, -0.05) is 19.4 Å². The number of ether oxygens (including phenoxy) is 1. The molecular weight excluding hydrogens is 356 g/mol. The number of carbonyl (C=O) groups is 3. The molecule has 4 aliphatic carbocycles. The van der Waals surface area contributed by atoms with Crippen LogP contribution in [-0.2, 0) is 19.1 Å². The molecule has 0 aromatic rings. The molecule has 0 unspecified atom stereocenters. The largest absolute Gasteiger partial charge is 0.458 e. The Hall–Kier alpha value is -1.49. The summed E-state index contributed by atoms with van der Waals surface area (Å²) in [5.41, 5.74) is -0.517. The van der Waals surface area contributed by atoms with Gasteiger partial charge in [0.25, 0.3) is 0 Å². The van der Waals surface area contributed by atoms with Crippen molar-refractivity contribution in [2.75, 3.05) is 6.61 Å². The van der Waals surface area contributed by atoms with Crippen LogP contribution in [0.25, 0.3) is 0 Å². The van der Waals surface area contributed by atoms with Crippen molar-refractivity contribution in [3.05, 3.63) is 11.6 Å². The summed E-state index contributed by atoms with van der Waals surface area (Å²) >= 11 is 0. The highest BCUT2D eigenvalue weighted by Gasteiger charge is 2.65. The number of aliphatic hydroxyl groups is 1. The molecule has 154 valence electrons. The first-order valence-electron chi connectivity index (χ1n) is 10.8. The lowest BCUT2D eigenvalue weighted by molar-refractivity contribution is -0.168. The Bertz CT molecular complexity index is 739. The van der Waals surface area contributed by atoms with E-state index in [4.69, 9.17) is 4.74 Å². The predicted molar refractivity (Wildman–Crippen MR) is 103 cm³/mol. The van der Waals surface area contributed by atoms with Crippen LogP contribution in [0.4, 0.5) is 0 Å². The molecule has 0 saturated heterocycles. The van der Waals surface area contributed by atoms with Gasteiger partial charge in [-0.2, -0.15) is 0 Å². The molecule has 5 heteroatoms. The van der Waals surface area contributed by atoms with Gasteiger partial charge in [0, 0.05) is 18.8 Å². The highest BCUT2D eigenvalue weighted by Crippen LogP contribution is 2.65. The number of ketones is 2. The second-order valence-electron chi connectivity index (χ2n) is 9.89. The minimum absolute atomic E-state index is 0.267. The number of hydrogen-bond acceptors (Lipinski definition) is 5. The van der Waals surface area contributed by atoms with Crippen LogP contribution in [0.3, 0.4) is 0 Å². The van der Waals surface area contributed by atoms with Gasteiger partial charge < -0.3 is 9.84 Å². The van der Waals surface area contributed by atoms with Crippen molar-refractivity contribution in [2.24, 2.45) is 35.0 Å². The molecule has 0 spiro atoms. The SMILES string of the molecule is CC(=O)OCC(=O)[C@@]1(O)CC[C@H]2[C@@H]3C[C@H](C)C4=CC(=O)CC[C@@H]4[C@@H]3CC[C@@]21C. The Balaban J connectivity index is 1.60. The monoisotopic (exact) mass is 388 g/mol. The highest BCUT2D eigenvalue weighted by atomic mass is 16.5. The van der Waals surface area contributed by atoms with Gasteiger partial charge in [-0.3, -0.25) is 14.4 Å². The molecule has 28 heavy (non-hydrogen) atoms. The van der Waals surface area contributed by atoms with Crippen molar-refractivity contribution in [1.29, 1.82) is 0 Å². The molecule has 0 aromatic heterocycles. The minimum Gasteiger partial charge on any atom is -0.458 e. The summed E-state index contributed by atoms with van der Waals surface area (Å²) in [4.78, 5) is 35.9. The number of fused-ring (bicyclic) bond motifs is 5. The molecule has 4 rings (SSSR count). The van der Waals surface area contributed by atoms with Gasteiger partial charge in [-0.25, -0.2) is 0 Å². The molecule has 4 aliphatic rings. The Morgan fingerprint density at radius 3 is 2.68 bits per heavy atom. The Morgan fingerprint density at radius 2 is 1.96 bits per heavy atom. The van der Waals surface area contributed by atoms with Gasteiger partial charge in [0.05, 0.1) is 0 Å². The molecule has 0 aromatic carbocycles. The van der Waals surface area contributed by atoms with Crippen molar-refractivity contribution >= 4 is 17.5 Å². The van der Waals surface area contributed by atoms with Gasteiger partial charge in [0.15, 0.2) is 12.4 Å². The van der Waals surface area contributed by atoms with Crippen LogP contribution in [-0.4, -0.2) is 34.9 Å². The molecule has 5 nitrogen and oxygen atoms in total. The van der Waals surface area contributed by atoms with Crippen LogP contribution < -0.4 is 0 Å². The third-order valence-corrected chi connectivity index (χ3v) is 8.68. The smallest absolute Gasteiger partial charge is 0.303 e. The Labute approximate surface area is 166 Å². The van der Waals surface area contributed by atoms with E-state index < -0.39 is 17.0 Å². The van der Waals surface area contributed by atoms with E-state index in [1.165, 1.54) is 12.5 Å². The first-order valence-corrected chi connectivity index (χ1v) is 10.8. The van der Waals surface area contributed by atoms with E-state index >= 15 is 0 Å². The summed E-state index contributed by atoms with van der Waals surface area (Å²) < 4.78 is 4.92. The minimum atomic E-state index is -1.40. The number of esters is 1. The average molecular weight is 389 g/mol. The number of hydrogen-bond donors (Lipinski definition) is 1. The zero-order valence-corrected chi connectivity index (χ0v) is 17.2. The molecule has 0 amide bonds. The van der Waals surface area contributed by atoms with Crippen LogP contribution >= 0.6 is 0 Å². The van der Waals surface area contributed by atoms with E-state index in [0.717, 1.165) is 32.1 Å². The topological polar surface area (TPSA) is 80.7 Å². The van der Waals surface area contributed by atoms with Crippen LogP contribution in [0, 0.1) is 35.0 Å². The van der Waals surface area contributed by atoms with E-state index in [-0.39, 0.29) is 18.2 Å². The quantitative estimate of drug-likeness (QED) is 0.751. The normalized spacial score (nSPS) is 44.8.